The van der Waals surface area contributed by atoms with Gasteiger partial charge in [0.1, 0.15) is 5.69 Å². The molecule has 3 rings (SSSR count). The first-order valence-electron chi connectivity index (χ1n) is 5.79. The highest BCUT2D eigenvalue weighted by Crippen LogP contribution is 2.23. The van der Waals surface area contributed by atoms with Gasteiger partial charge in [-0.2, -0.15) is 5.10 Å². The molecule has 94 valence electrons. The topological polar surface area (TPSA) is 70.8 Å². The Balaban J connectivity index is 1.90. The number of hydrogen-bond donors (Lipinski definition) is 2. The highest BCUT2D eigenvalue weighted by Gasteiger charge is 2.16. The molecule has 0 bridgehead atoms. The molecule has 2 aromatic heterocycles. The van der Waals surface area contributed by atoms with Crippen LogP contribution in [0.1, 0.15) is 10.5 Å². The number of rotatable bonds is 3. The fraction of sp³-hybridized carbons (Fsp3) is 0. The largest absolute Gasteiger partial charge is 0.403 e. The average Bonchev–Trinajstić information content (AvgIpc) is 3.10. The standard InChI is InChI=1S/C14H11N3O2/c18-14(19-12-7-9-16-17-12)13-11(6-8-15-13)10-4-2-1-3-5-10/h1-9,15H,(H,16,17). The van der Waals surface area contributed by atoms with E-state index in [2.05, 4.69) is 15.2 Å². The fourth-order valence-corrected chi connectivity index (χ4v) is 1.85. The smallest absolute Gasteiger partial charge is 0.362 e. The third kappa shape index (κ3) is 2.26. The van der Waals surface area contributed by atoms with Crippen LogP contribution < -0.4 is 4.74 Å². The summed E-state index contributed by atoms with van der Waals surface area (Å²) < 4.78 is 5.17. The quantitative estimate of drug-likeness (QED) is 0.705. The van der Waals surface area contributed by atoms with Crippen LogP contribution in [0.4, 0.5) is 0 Å². The summed E-state index contributed by atoms with van der Waals surface area (Å²) >= 11 is 0. The first kappa shape index (κ1) is 11.3. The van der Waals surface area contributed by atoms with E-state index < -0.39 is 5.97 Å². The van der Waals surface area contributed by atoms with Crippen LogP contribution in [0.25, 0.3) is 11.1 Å². The summed E-state index contributed by atoms with van der Waals surface area (Å²) in [5.74, 6) is -0.133. The van der Waals surface area contributed by atoms with Gasteiger partial charge in [-0.1, -0.05) is 30.3 Å². The first-order chi connectivity index (χ1) is 9.34. The van der Waals surface area contributed by atoms with Gasteiger partial charge in [0, 0.05) is 17.8 Å². The molecular weight excluding hydrogens is 242 g/mol. The second-order valence-corrected chi connectivity index (χ2v) is 3.94. The van der Waals surface area contributed by atoms with E-state index in [0.29, 0.717) is 11.6 Å². The molecule has 0 fully saturated rings. The molecule has 0 spiro atoms. The number of aromatic nitrogens is 3. The maximum Gasteiger partial charge on any atom is 0.362 e. The predicted octanol–water partition coefficient (Wildman–Crippen LogP) is 2.62. The minimum Gasteiger partial charge on any atom is -0.403 e. The molecule has 0 aliphatic heterocycles. The van der Waals surface area contributed by atoms with E-state index in [4.69, 9.17) is 4.74 Å². The minimum atomic E-state index is -0.451. The number of nitrogens with one attached hydrogen (secondary N) is 2. The lowest BCUT2D eigenvalue weighted by Gasteiger charge is -2.03. The van der Waals surface area contributed by atoms with Crippen LogP contribution >= 0.6 is 0 Å². The van der Waals surface area contributed by atoms with Crippen LogP contribution in [-0.4, -0.2) is 21.2 Å². The SMILES string of the molecule is O=C(Oc1ccn[nH]1)c1[nH]ccc1-c1ccccc1. The molecule has 19 heavy (non-hydrogen) atoms. The number of benzene rings is 1. The lowest BCUT2D eigenvalue weighted by molar-refractivity contribution is 0.0723. The molecule has 0 atom stereocenters. The molecule has 1 aromatic carbocycles. The Hall–Kier alpha value is -2.82. The molecule has 0 saturated heterocycles. The van der Waals surface area contributed by atoms with Crippen molar-refractivity contribution in [1.82, 2.24) is 15.2 Å². The number of ether oxygens (including phenoxy) is 1. The molecular formula is C14H11N3O2. The Kier molecular flexibility index (Phi) is 2.86. The van der Waals surface area contributed by atoms with Crippen LogP contribution in [0.2, 0.25) is 0 Å². The molecule has 2 N–H and O–H groups in total. The van der Waals surface area contributed by atoms with Gasteiger partial charge in [-0.25, -0.2) is 9.89 Å². The van der Waals surface area contributed by atoms with Gasteiger partial charge >= 0.3 is 5.97 Å². The zero-order chi connectivity index (χ0) is 13.1. The summed E-state index contributed by atoms with van der Waals surface area (Å²) in [5.41, 5.74) is 2.19. The summed E-state index contributed by atoms with van der Waals surface area (Å²) in [6, 6.07) is 13.1. The van der Waals surface area contributed by atoms with Crippen LogP contribution in [-0.2, 0) is 0 Å². The van der Waals surface area contributed by atoms with Crippen molar-refractivity contribution in [3.8, 4) is 17.0 Å². The summed E-state index contributed by atoms with van der Waals surface area (Å²) in [4.78, 5) is 15.0. The summed E-state index contributed by atoms with van der Waals surface area (Å²) in [7, 11) is 0. The molecule has 0 aliphatic rings. The number of esters is 1. The van der Waals surface area contributed by atoms with Crippen molar-refractivity contribution in [2.45, 2.75) is 0 Å². The molecule has 0 radical (unpaired) electrons. The van der Waals surface area contributed by atoms with E-state index in [0.717, 1.165) is 11.1 Å². The molecule has 0 saturated carbocycles. The molecule has 5 heteroatoms. The second kappa shape index (κ2) is 4.81. The highest BCUT2D eigenvalue weighted by molar-refractivity contribution is 5.96. The lowest BCUT2D eigenvalue weighted by Crippen LogP contribution is -2.10. The molecule has 0 aliphatic carbocycles. The molecule has 2 heterocycles. The van der Waals surface area contributed by atoms with Crippen LogP contribution in [0.5, 0.6) is 5.88 Å². The Morgan fingerprint density at radius 1 is 1.11 bits per heavy atom. The van der Waals surface area contributed by atoms with E-state index in [1.54, 1.807) is 12.3 Å². The monoisotopic (exact) mass is 253 g/mol. The number of H-pyrrole nitrogens is 2. The third-order valence-corrected chi connectivity index (χ3v) is 2.71. The van der Waals surface area contributed by atoms with E-state index in [9.17, 15) is 4.79 Å². The van der Waals surface area contributed by atoms with Crippen molar-refractivity contribution in [3.05, 3.63) is 60.6 Å². The van der Waals surface area contributed by atoms with Crippen LogP contribution in [0.15, 0.2) is 54.9 Å². The number of aromatic amines is 2. The second-order valence-electron chi connectivity index (χ2n) is 3.94. The van der Waals surface area contributed by atoms with E-state index in [-0.39, 0.29) is 0 Å². The normalized spacial score (nSPS) is 10.3. The molecule has 3 aromatic rings. The van der Waals surface area contributed by atoms with Gasteiger partial charge < -0.3 is 9.72 Å². The summed E-state index contributed by atoms with van der Waals surface area (Å²) in [5, 5.41) is 6.31. The summed E-state index contributed by atoms with van der Waals surface area (Å²) in [6.07, 6.45) is 3.24. The minimum absolute atomic E-state index is 0.318. The zero-order valence-corrected chi connectivity index (χ0v) is 9.96. The van der Waals surface area contributed by atoms with Crippen molar-refractivity contribution < 1.29 is 9.53 Å². The first-order valence-corrected chi connectivity index (χ1v) is 5.79. The van der Waals surface area contributed by atoms with Crippen molar-refractivity contribution in [3.63, 3.8) is 0 Å². The van der Waals surface area contributed by atoms with E-state index in [1.807, 2.05) is 36.4 Å². The molecule has 5 nitrogen and oxygen atoms in total. The Morgan fingerprint density at radius 2 is 1.95 bits per heavy atom. The van der Waals surface area contributed by atoms with Gasteiger partial charge in [0.15, 0.2) is 0 Å². The van der Waals surface area contributed by atoms with Crippen molar-refractivity contribution in [2.75, 3.05) is 0 Å². The van der Waals surface area contributed by atoms with Gasteiger partial charge in [-0.05, 0) is 11.6 Å². The fourth-order valence-electron chi connectivity index (χ4n) is 1.85. The van der Waals surface area contributed by atoms with E-state index in [1.165, 1.54) is 6.20 Å². The van der Waals surface area contributed by atoms with Crippen LogP contribution in [0.3, 0.4) is 0 Å². The van der Waals surface area contributed by atoms with Gasteiger partial charge in [-0.3, -0.25) is 0 Å². The molecule has 0 amide bonds. The van der Waals surface area contributed by atoms with Crippen molar-refractivity contribution in [1.29, 1.82) is 0 Å². The van der Waals surface area contributed by atoms with E-state index >= 15 is 0 Å². The predicted molar refractivity (Wildman–Crippen MR) is 69.8 cm³/mol. The highest BCUT2D eigenvalue weighted by atomic mass is 16.5. The Labute approximate surface area is 109 Å². The zero-order valence-electron chi connectivity index (χ0n) is 9.96. The van der Waals surface area contributed by atoms with Gasteiger partial charge in [0.05, 0.1) is 6.20 Å². The lowest BCUT2D eigenvalue weighted by atomic mass is 10.1. The van der Waals surface area contributed by atoms with Gasteiger partial charge in [0.25, 0.3) is 0 Å². The maximum absolute atomic E-state index is 12.1. The number of hydrogen-bond acceptors (Lipinski definition) is 3. The van der Waals surface area contributed by atoms with Crippen LogP contribution in [0, 0.1) is 0 Å². The number of carbonyl (C=O) groups is 1. The number of carbonyl (C=O) groups excluding carboxylic acids is 1. The van der Waals surface area contributed by atoms with Gasteiger partial charge in [-0.15, -0.1) is 0 Å². The van der Waals surface area contributed by atoms with Gasteiger partial charge in [0.2, 0.25) is 5.88 Å². The molecule has 0 unspecified atom stereocenters. The maximum atomic E-state index is 12.1. The Morgan fingerprint density at radius 3 is 2.68 bits per heavy atom. The average molecular weight is 253 g/mol. The number of nitrogens with zero attached hydrogens (tertiary/aromatic N) is 1. The Bertz CT molecular complexity index is 672. The summed E-state index contributed by atoms with van der Waals surface area (Å²) in [6.45, 7) is 0. The van der Waals surface area contributed by atoms with Crippen molar-refractivity contribution in [2.24, 2.45) is 0 Å². The third-order valence-electron chi connectivity index (χ3n) is 2.71. The van der Waals surface area contributed by atoms with Crippen molar-refractivity contribution >= 4 is 5.97 Å².